The highest BCUT2D eigenvalue weighted by Crippen LogP contribution is 2.32. The molecule has 0 aliphatic heterocycles. The number of aliphatic hydroxyl groups is 1. The number of carbonyl (C=O) groups is 1. The number of hydrogen-bond donors (Lipinski definition) is 2. The fourth-order valence-electron chi connectivity index (χ4n) is 1.55. The second-order valence-electron chi connectivity index (χ2n) is 4.17. The van der Waals surface area contributed by atoms with Crippen LogP contribution in [0.4, 0.5) is 0 Å². The lowest BCUT2D eigenvalue weighted by Gasteiger charge is -2.15. The molecule has 1 aliphatic carbocycles. The van der Waals surface area contributed by atoms with Gasteiger partial charge in [-0.1, -0.05) is 0 Å². The number of nitrogens with two attached hydrogens (primary N) is 1. The molecule has 2 rings (SSSR count). The average molecular weight is 268 g/mol. The number of methoxy groups -OCH3 is 1. The largest absolute Gasteiger partial charge is 0.493 e. The van der Waals surface area contributed by atoms with Gasteiger partial charge in [0, 0.05) is 12.3 Å². The predicted molar refractivity (Wildman–Crippen MR) is 64.2 cm³/mol. The van der Waals surface area contributed by atoms with Crippen molar-refractivity contribution in [3.8, 4) is 11.5 Å². The first kappa shape index (κ1) is 13.6. The zero-order valence-electron chi connectivity index (χ0n) is 10.5. The Morgan fingerprint density at radius 1 is 1.63 bits per heavy atom. The van der Waals surface area contributed by atoms with Crippen LogP contribution in [0.15, 0.2) is 12.3 Å². The van der Waals surface area contributed by atoms with E-state index < -0.39 is 6.23 Å². The Balaban J connectivity index is 2.02. The third-order valence-electron chi connectivity index (χ3n) is 2.71. The van der Waals surface area contributed by atoms with E-state index in [4.69, 9.17) is 19.9 Å². The number of esters is 1. The highest BCUT2D eigenvalue weighted by Gasteiger charge is 2.31. The second kappa shape index (κ2) is 5.85. The van der Waals surface area contributed by atoms with Gasteiger partial charge in [-0.25, -0.2) is 0 Å². The molecule has 3 N–H and O–H groups in total. The van der Waals surface area contributed by atoms with Crippen molar-refractivity contribution in [2.75, 3.05) is 13.9 Å². The van der Waals surface area contributed by atoms with Crippen LogP contribution in [0.1, 0.15) is 24.8 Å². The van der Waals surface area contributed by atoms with Crippen molar-refractivity contribution in [1.82, 2.24) is 4.98 Å². The molecular formula is C12H16N2O5. The smallest absolute Gasteiger partial charge is 0.311 e. The minimum absolute atomic E-state index is 0.000960. The maximum absolute atomic E-state index is 11.3. The molecule has 1 atom stereocenters. The number of aliphatic hydroxyl groups excluding tert-OH is 1. The molecule has 104 valence electrons. The molecule has 19 heavy (non-hydrogen) atoms. The van der Waals surface area contributed by atoms with Crippen LogP contribution in [-0.2, 0) is 9.53 Å². The molecule has 1 fully saturated rings. The van der Waals surface area contributed by atoms with Crippen LogP contribution in [-0.4, -0.2) is 30.0 Å². The van der Waals surface area contributed by atoms with Gasteiger partial charge in [0.1, 0.15) is 11.9 Å². The van der Waals surface area contributed by atoms with Crippen molar-refractivity contribution >= 4 is 5.97 Å². The molecular weight excluding hydrogens is 252 g/mol. The van der Waals surface area contributed by atoms with Crippen LogP contribution >= 0.6 is 0 Å². The van der Waals surface area contributed by atoms with Crippen LogP contribution in [0.3, 0.4) is 0 Å². The first-order chi connectivity index (χ1) is 9.13. The molecule has 0 bridgehead atoms. The molecule has 0 amide bonds. The topological polar surface area (TPSA) is 104 Å². The summed E-state index contributed by atoms with van der Waals surface area (Å²) >= 11 is 0. The number of carbonyl (C=O) groups excluding carboxylic acids is 1. The molecule has 1 saturated carbocycles. The molecule has 1 unspecified atom stereocenters. The normalized spacial score (nSPS) is 15.7. The van der Waals surface area contributed by atoms with E-state index in [0.717, 1.165) is 12.8 Å². The van der Waals surface area contributed by atoms with E-state index in [-0.39, 0.29) is 30.1 Å². The molecule has 0 saturated heterocycles. The van der Waals surface area contributed by atoms with Gasteiger partial charge in [-0.2, -0.15) is 0 Å². The Morgan fingerprint density at radius 2 is 2.37 bits per heavy atom. The predicted octanol–water partition coefficient (Wildman–Crippen LogP) is 0.329. The van der Waals surface area contributed by atoms with Crippen LogP contribution in [0.25, 0.3) is 0 Å². The Kier molecular flexibility index (Phi) is 4.18. The van der Waals surface area contributed by atoms with E-state index in [1.807, 2.05) is 0 Å². The van der Waals surface area contributed by atoms with E-state index in [1.54, 1.807) is 6.07 Å². The van der Waals surface area contributed by atoms with E-state index in [1.165, 1.54) is 13.3 Å². The molecule has 1 aromatic heterocycles. The molecule has 0 radical (unpaired) electrons. The van der Waals surface area contributed by atoms with Gasteiger partial charge in [-0.3, -0.25) is 9.78 Å². The number of rotatable bonds is 6. The number of hydrogen-bond acceptors (Lipinski definition) is 7. The van der Waals surface area contributed by atoms with Gasteiger partial charge < -0.3 is 25.1 Å². The van der Waals surface area contributed by atoms with Gasteiger partial charge in [0.2, 0.25) is 6.79 Å². The lowest BCUT2D eigenvalue weighted by molar-refractivity contribution is -0.151. The summed E-state index contributed by atoms with van der Waals surface area (Å²) in [6.07, 6.45) is 1.86. The average Bonchev–Trinajstić information content (AvgIpc) is 3.22. The van der Waals surface area contributed by atoms with Crippen LogP contribution in [0.5, 0.6) is 11.5 Å². The lowest BCUT2D eigenvalue weighted by Crippen LogP contribution is -2.16. The second-order valence-corrected chi connectivity index (χ2v) is 4.17. The summed E-state index contributed by atoms with van der Waals surface area (Å²) in [7, 11) is 1.45. The Morgan fingerprint density at radius 3 is 2.95 bits per heavy atom. The Hall–Kier alpha value is -1.86. The standard InChI is InChI=1S/C12H16N2O5/c1-17-8-4-5-14-9(11(13)15)10(8)18-6-19-12(16)7-2-3-7/h4-5,7,11,15H,2-3,6,13H2,1H3. The zero-order chi connectivity index (χ0) is 13.8. The van der Waals surface area contributed by atoms with Crippen molar-refractivity contribution < 1.29 is 24.1 Å². The minimum Gasteiger partial charge on any atom is -0.493 e. The molecule has 7 heteroatoms. The molecule has 0 spiro atoms. The van der Waals surface area contributed by atoms with Crippen LogP contribution < -0.4 is 15.2 Å². The third-order valence-corrected chi connectivity index (χ3v) is 2.71. The van der Waals surface area contributed by atoms with Crippen molar-refractivity contribution in [2.45, 2.75) is 19.1 Å². The number of aromatic nitrogens is 1. The van der Waals surface area contributed by atoms with Gasteiger partial charge in [0.05, 0.1) is 13.0 Å². The lowest BCUT2D eigenvalue weighted by atomic mass is 10.3. The minimum atomic E-state index is -1.30. The van der Waals surface area contributed by atoms with Gasteiger partial charge in [-0.05, 0) is 12.8 Å². The number of nitrogens with zero attached hydrogens (tertiary/aromatic N) is 1. The quantitative estimate of drug-likeness (QED) is 0.566. The van der Waals surface area contributed by atoms with Gasteiger partial charge in [0.25, 0.3) is 0 Å². The van der Waals surface area contributed by atoms with Crippen molar-refractivity contribution in [1.29, 1.82) is 0 Å². The molecule has 1 aromatic rings. The van der Waals surface area contributed by atoms with Gasteiger partial charge in [0.15, 0.2) is 11.5 Å². The fourth-order valence-corrected chi connectivity index (χ4v) is 1.55. The Labute approximate surface area is 110 Å². The monoisotopic (exact) mass is 268 g/mol. The van der Waals surface area contributed by atoms with Crippen LogP contribution in [0, 0.1) is 5.92 Å². The number of ether oxygens (including phenoxy) is 3. The molecule has 0 aromatic carbocycles. The molecule has 1 aliphatic rings. The summed E-state index contributed by atoms with van der Waals surface area (Å²) in [6, 6.07) is 1.56. The highest BCUT2D eigenvalue weighted by atomic mass is 16.7. The third kappa shape index (κ3) is 3.33. The van der Waals surface area contributed by atoms with Crippen molar-refractivity contribution in [3.05, 3.63) is 18.0 Å². The zero-order valence-corrected chi connectivity index (χ0v) is 10.5. The summed E-state index contributed by atoms with van der Waals surface area (Å²) in [5.41, 5.74) is 5.50. The maximum atomic E-state index is 11.3. The summed E-state index contributed by atoms with van der Waals surface area (Å²) in [5, 5.41) is 9.40. The number of pyridine rings is 1. The van der Waals surface area contributed by atoms with E-state index in [9.17, 15) is 9.90 Å². The maximum Gasteiger partial charge on any atom is 0.311 e. The van der Waals surface area contributed by atoms with E-state index >= 15 is 0 Å². The fraction of sp³-hybridized carbons (Fsp3) is 0.500. The first-order valence-corrected chi connectivity index (χ1v) is 5.89. The van der Waals surface area contributed by atoms with E-state index in [0.29, 0.717) is 5.75 Å². The highest BCUT2D eigenvalue weighted by molar-refractivity contribution is 5.74. The van der Waals surface area contributed by atoms with Crippen molar-refractivity contribution in [2.24, 2.45) is 11.7 Å². The van der Waals surface area contributed by atoms with Gasteiger partial charge >= 0.3 is 5.97 Å². The molecule has 1 heterocycles. The molecule has 7 nitrogen and oxygen atoms in total. The summed E-state index contributed by atoms with van der Waals surface area (Å²) < 4.78 is 15.3. The van der Waals surface area contributed by atoms with E-state index in [2.05, 4.69) is 4.98 Å². The van der Waals surface area contributed by atoms with Crippen molar-refractivity contribution in [3.63, 3.8) is 0 Å². The summed E-state index contributed by atoms with van der Waals surface area (Å²) in [5.74, 6) is 0.247. The van der Waals surface area contributed by atoms with Gasteiger partial charge in [-0.15, -0.1) is 0 Å². The van der Waals surface area contributed by atoms with Crippen LogP contribution in [0.2, 0.25) is 0 Å². The Bertz CT molecular complexity index is 459. The first-order valence-electron chi connectivity index (χ1n) is 5.89. The summed E-state index contributed by atoms with van der Waals surface area (Å²) in [6.45, 7) is -0.267. The SMILES string of the molecule is COc1ccnc(C(N)O)c1OCOC(=O)C1CC1. The summed E-state index contributed by atoms with van der Waals surface area (Å²) in [4.78, 5) is 15.3.